The number of ether oxygens (including phenoxy) is 1. The fourth-order valence-electron chi connectivity index (χ4n) is 2.72. The standard InChI is InChI=1S/C19H16FN3O2S/c1-4-12-10-13(20)6-7-14(12)16-15(19(24)25-5-2)11(3)22-17(23-16)18-21-8-9-26-18/h1,6-10,16H,5H2,2-3H3,(H,22,23). The molecule has 0 spiro atoms. The van der Waals surface area contributed by atoms with E-state index >= 15 is 0 Å². The van der Waals surface area contributed by atoms with Gasteiger partial charge in [0.1, 0.15) is 11.9 Å². The molecule has 1 aromatic carbocycles. The minimum atomic E-state index is -0.708. The van der Waals surface area contributed by atoms with E-state index in [9.17, 15) is 9.18 Å². The fraction of sp³-hybridized carbons (Fsp3) is 0.211. The van der Waals surface area contributed by atoms with Gasteiger partial charge in [-0.3, -0.25) is 4.99 Å². The molecule has 2 aromatic rings. The largest absolute Gasteiger partial charge is 0.463 e. The number of carbonyl (C=O) groups is 1. The van der Waals surface area contributed by atoms with E-state index in [2.05, 4.69) is 21.2 Å². The van der Waals surface area contributed by atoms with Crippen molar-refractivity contribution in [2.45, 2.75) is 19.9 Å². The first-order chi connectivity index (χ1) is 12.5. The SMILES string of the molecule is C#Cc1cc(F)ccc1C1N=C(c2nccs2)NC(C)=C1C(=O)OCC. The number of terminal acetylenes is 1. The second kappa shape index (κ2) is 7.50. The maximum absolute atomic E-state index is 13.6. The van der Waals surface area contributed by atoms with Gasteiger partial charge in [-0.15, -0.1) is 17.8 Å². The molecule has 0 radical (unpaired) electrons. The average Bonchev–Trinajstić information content (AvgIpc) is 3.15. The van der Waals surface area contributed by atoms with Gasteiger partial charge in [0, 0.05) is 22.8 Å². The van der Waals surface area contributed by atoms with Gasteiger partial charge in [-0.1, -0.05) is 12.0 Å². The Hall–Kier alpha value is -2.98. The predicted octanol–water partition coefficient (Wildman–Crippen LogP) is 3.19. The highest BCUT2D eigenvalue weighted by Crippen LogP contribution is 2.34. The van der Waals surface area contributed by atoms with Gasteiger partial charge in [-0.2, -0.15) is 0 Å². The Morgan fingerprint density at radius 1 is 1.50 bits per heavy atom. The molecule has 1 N–H and O–H groups in total. The van der Waals surface area contributed by atoms with Crippen molar-refractivity contribution in [1.29, 1.82) is 0 Å². The van der Waals surface area contributed by atoms with Crippen LogP contribution in [0.1, 0.15) is 36.0 Å². The third-order valence-electron chi connectivity index (χ3n) is 3.84. The van der Waals surface area contributed by atoms with Gasteiger partial charge >= 0.3 is 5.97 Å². The number of allylic oxidation sites excluding steroid dienone is 1. The van der Waals surface area contributed by atoms with Crippen molar-refractivity contribution in [1.82, 2.24) is 10.3 Å². The van der Waals surface area contributed by atoms with Crippen molar-refractivity contribution in [3.8, 4) is 12.3 Å². The Labute approximate surface area is 154 Å². The van der Waals surface area contributed by atoms with Crippen molar-refractivity contribution in [3.63, 3.8) is 0 Å². The summed E-state index contributed by atoms with van der Waals surface area (Å²) < 4.78 is 18.8. The molecule has 132 valence electrons. The average molecular weight is 369 g/mol. The number of benzene rings is 1. The Kier molecular flexibility index (Phi) is 5.14. The van der Waals surface area contributed by atoms with Crippen LogP contribution in [0.2, 0.25) is 0 Å². The van der Waals surface area contributed by atoms with E-state index in [1.54, 1.807) is 26.1 Å². The summed E-state index contributed by atoms with van der Waals surface area (Å²) in [6, 6.07) is 3.40. The molecule has 0 aliphatic carbocycles. The molecule has 0 bridgehead atoms. The number of nitrogens with zero attached hydrogens (tertiary/aromatic N) is 2. The van der Waals surface area contributed by atoms with Gasteiger partial charge in [0.2, 0.25) is 0 Å². The molecule has 0 saturated carbocycles. The maximum atomic E-state index is 13.6. The lowest BCUT2D eigenvalue weighted by Crippen LogP contribution is -2.33. The Morgan fingerprint density at radius 2 is 2.31 bits per heavy atom. The number of hydrogen-bond acceptors (Lipinski definition) is 6. The van der Waals surface area contributed by atoms with Crippen molar-refractivity contribution < 1.29 is 13.9 Å². The van der Waals surface area contributed by atoms with E-state index in [0.717, 1.165) is 0 Å². The van der Waals surface area contributed by atoms with E-state index in [-0.39, 0.29) is 6.61 Å². The van der Waals surface area contributed by atoms with Crippen LogP contribution in [0.25, 0.3) is 0 Å². The smallest absolute Gasteiger partial charge is 0.338 e. The van der Waals surface area contributed by atoms with Crippen LogP contribution in [0.5, 0.6) is 0 Å². The highest BCUT2D eigenvalue weighted by Gasteiger charge is 2.32. The van der Waals surface area contributed by atoms with Crippen LogP contribution >= 0.6 is 11.3 Å². The minimum Gasteiger partial charge on any atom is -0.463 e. The number of aromatic nitrogens is 1. The minimum absolute atomic E-state index is 0.233. The molecule has 2 heterocycles. The molecule has 26 heavy (non-hydrogen) atoms. The lowest BCUT2D eigenvalue weighted by Gasteiger charge is -2.26. The van der Waals surface area contributed by atoms with E-state index in [1.165, 1.54) is 23.5 Å². The third kappa shape index (κ3) is 3.37. The van der Waals surface area contributed by atoms with E-state index in [0.29, 0.717) is 33.2 Å². The molecule has 1 atom stereocenters. The maximum Gasteiger partial charge on any atom is 0.338 e. The van der Waals surface area contributed by atoms with Crippen molar-refractivity contribution >= 4 is 23.1 Å². The van der Waals surface area contributed by atoms with Crippen LogP contribution in [0.4, 0.5) is 4.39 Å². The Bertz CT molecular complexity index is 942. The van der Waals surface area contributed by atoms with Crippen LogP contribution < -0.4 is 5.32 Å². The molecule has 5 nitrogen and oxygen atoms in total. The zero-order chi connectivity index (χ0) is 18.7. The number of nitrogens with one attached hydrogen (secondary N) is 1. The van der Waals surface area contributed by atoms with Gasteiger partial charge in [-0.05, 0) is 31.5 Å². The van der Waals surface area contributed by atoms with Crippen LogP contribution in [-0.2, 0) is 9.53 Å². The van der Waals surface area contributed by atoms with Crippen molar-refractivity contribution in [3.05, 3.63) is 63.0 Å². The summed E-state index contributed by atoms with van der Waals surface area (Å²) in [5.41, 5.74) is 1.84. The Balaban J connectivity index is 2.16. The summed E-state index contributed by atoms with van der Waals surface area (Å²) in [4.78, 5) is 21.4. The van der Waals surface area contributed by atoms with Gasteiger partial charge in [0.15, 0.2) is 10.8 Å². The van der Waals surface area contributed by atoms with Crippen LogP contribution in [0, 0.1) is 18.2 Å². The van der Waals surface area contributed by atoms with Gasteiger partial charge in [-0.25, -0.2) is 14.2 Å². The number of aliphatic imine (C=N–C) groups is 1. The van der Waals surface area contributed by atoms with Crippen LogP contribution in [0.15, 0.2) is 46.0 Å². The molecular weight excluding hydrogens is 353 g/mol. The zero-order valence-electron chi connectivity index (χ0n) is 14.2. The van der Waals surface area contributed by atoms with E-state index in [4.69, 9.17) is 11.2 Å². The molecule has 3 rings (SSSR count). The molecule has 1 aromatic heterocycles. The lowest BCUT2D eigenvalue weighted by atomic mass is 9.92. The molecule has 1 aliphatic heterocycles. The summed E-state index contributed by atoms with van der Waals surface area (Å²) in [5, 5.41) is 5.62. The highest BCUT2D eigenvalue weighted by molar-refractivity contribution is 7.11. The predicted molar refractivity (Wildman–Crippen MR) is 98.2 cm³/mol. The van der Waals surface area contributed by atoms with Crippen molar-refractivity contribution in [2.75, 3.05) is 6.61 Å². The topological polar surface area (TPSA) is 63.6 Å². The summed E-state index contributed by atoms with van der Waals surface area (Å²) in [6.45, 7) is 3.73. The molecule has 1 unspecified atom stereocenters. The first-order valence-corrected chi connectivity index (χ1v) is 8.81. The first-order valence-electron chi connectivity index (χ1n) is 7.93. The highest BCUT2D eigenvalue weighted by atomic mass is 32.1. The number of carbonyl (C=O) groups excluding carboxylic acids is 1. The lowest BCUT2D eigenvalue weighted by molar-refractivity contribution is -0.138. The number of thiazole rings is 1. The van der Waals surface area contributed by atoms with E-state index < -0.39 is 17.8 Å². The normalized spacial score (nSPS) is 16.5. The quantitative estimate of drug-likeness (QED) is 0.664. The van der Waals surface area contributed by atoms with Gasteiger partial charge in [0.25, 0.3) is 0 Å². The van der Waals surface area contributed by atoms with Crippen molar-refractivity contribution in [2.24, 2.45) is 4.99 Å². The summed E-state index contributed by atoms with van der Waals surface area (Å²) >= 11 is 1.42. The summed E-state index contributed by atoms with van der Waals surface area (Å²) in [6.07, 6.45) is 7.22. The second-order valence-electron chi connectivity index (χ2n) is 5.48. The Morgan fingerprint density at radius 3 is 2.96 bits per heavy atom. The van der Waals surface area contributed by atoms with Gasteiger partial charge < -0.3 is 10.1 Å². The van der Waals surface area contributed by atoms with Crippen LogP contribution in [-0.4, -0.2) is 23.4 Å². The first kappa shape index (κ1) is 17.8. The molecule has 0 amide bonds. The monoisotopic (exact) mass is 369 g/mol. The van der Waals surface area contributed by atoms with Gasteiger partial charge in [0.05, 0.1) is 12.2 Å². The molecule has 0 fully saturated rings. The molecule has 1 aliphatic rings. The molecule has 0 saturated heterocycles. The number of halogens is 1. The number of rotatable bonds is 4. The zero-order valence-corrected chi connectivity index (χ0v) is 15.1. The fourth-order valence-corrected chi connectivity index (χ4v) is 3.30. The number of amidine groups is 1. The summed E-state index contributed by atoms with van der Waals surface area (Å²) in [5.74, 6) is 2.07. The third-order valence-corrected chi connectivity index (χ3v) is 4.62. The molecular formula is C19H16FN3O2S. The van der Waals surface area contributed by atoms with Crippen LogP contribution in [0.3, 0.4) is 0 Å². The second-order valence-corrected chi connectivity index (χ2v) is 6.37. The number of hydrogen-bond donors (Lipinski definition) is 1. The summed E-state index contributed by atoms with van der Waals surface area (Å²) in [7, 11) is 0. The molecule has 7 heteroatoms. The van der Waals surface area contributed by atoms with E-state index in [1.807, 2.05) is 5.38 Å². The number of esters is 1.